The van der Waals surface area contributed by atoms with Crippen LogP contribution in [0.5, 0.6) is 0 Å². The summed E-state index contributed by atoms with van der Waals surface area (Å²) < 4.78 is 0. The van der Waals surface area contributed by atoms with Gasteiger partial charge in [0.2, 0.25) is 0 Å². The van der Waals surface area contributed by atoms with E-state index in [1.54, 1.807) is 0 Å². The molecule has 0 radical (unpaired) electrons. The van der Waals surface area contributed by atoms with Crippen LogP contribution in [-0.2, 0) is 0 Å². The lowest BCUT2D eigenvalue weighted by atomic mass is 9.88. The van der Waals surface area contributed by atoms with Crippen LogP contribution in [0, 0.1) is 6.92 Å². The molecule has 0 aliphatic heterocycles. The lowest BCUT2D eigenvalue weighted by molar-refractivity contribution is 0.862. The molecule has 0 spiro atoms. The molecule has 0 fully saturated rings. The molecular weight excluding hydrogens is 204 g/mol. The highest BCUT2D eigenvalue weighted by Gasteiger charge is 2.12. The second-order valence-electron chi connectivity index (χ2n) is 4.67. The summed E-state index contributed by atoms with van der Waals surface area (Å²) in [5.74, 6) is 0.533. The number of allylic oxidation sites excluding steroid dienone is 4. The summed E-state index contributed by atoms with van der Waals surface area (Å²) in [6.45, 7) is 2.18. The summed E-state index contributed by atoms with van der Waals surface area (Å²) in [5.41, 5.74) is 2.81. The number of hydrogen-bond acceptors (Lipinski definition) is 0. The summed E-state index contributed by atoms with van der Waals surface area (Å²) in [4.78, 5) is 0. The predicted octanol–water partition coefficient (Wildman–Crippen LogP) is 4.75. The molecule has 1 aliphatic carbocycles. The molecule has 3 rings (SSSR count). The number of fused-ring (bicyclic) bond motifs is 1. The van der Waals surface area contributed by atoms with Crippen molar-refractivity contribution >= 4 is 10.8 Å². The minimum Gasteiger partial charge on any atom is -0.0836 e. The van der Waals surface area contributed by atoms with Gasteiger partial charge >= 0.3 is 0 Å². The highest BCUT2D eigenvalue weighted by Crippen LogP contribution is 2.32. The maximum Gasteiger partial charge on any atom is 0.00618 e. The summed E-state index contributed by atoms with van der Waals surface area (Å²) >= 11 is 0. The molecule has 0 heterocycles. The smallest absolute Gasteiger partial charge is 0.00618 e. The first kappa shape index (κ1) is 10.3. The zero-order valence-electron chi connectivity index (χ0n) is 10.1. The van der Waals surface area contributed by atoms with Crippen molar-refractivity contribution in [2.45, 2.75) is 19.3 Å². The normalized spacial score (nSPS) is 18.8. The molecule has 1 atom stereocenters. The summed E-state index contributed by atoms with van der Waals surface area (Å²) in [6.07, 6.45) is 9.95. The van der Waals surface area contributed by atoms with Crippen LogP contribution >= 0.6 is 0 Å². The van der Waals surface area contributed by atoms with Gasteiger partial charge < -0.3 is 0 Å². The quantitative estimate of drug-likeness (QED) is 0.650. The third kappa shape index (κ3) is 1.80. The Morgan fingerprint density at radius 1 is 0.941 bits per heavy atom. The average molecular weight is 220 g/mol. The van der Waals surface area contributed by atoms with Gasteiger partial charge in [-0.25, -0.2) is 0 Å². The molecule has 17 heavy (non-hydrogen) atoms. The van der Waals surface area contributed by atoms with Gasteiger partial charge in [0.25, 0.3) is 0 Å². The van der Waals surface area contributed by atoms with E-state index < -0.39 is 0 Å². The van der Waals surface area contributed by atoms with Crippen LogP contribution in [0.2, 0.25) is 0 Å². The van der Waals surface area contributed by atoms with Gasteiger partial charge in [0.1, 0.15) is 0 Å². The molecule has 84 valence electrons. The average Bonchev–Trinajstić information content (AvgIpc) is 2.41. The molecule has 0 heteroatoms. The Morgan fingerprint density at radius 2 is 1.76 bits per heavy atom. The van der Waals surface area contributed by atoms with Crippen molar-refractivity contribution in [3.63, 3.8) is 0 Å². The van der Waals surface area contributed by atoms with Gasteiger partial charge in [-0.15, -0.1) is 0 Å². The zero-order valence-corrected chi connectivity index (χ0v) is 10.1. The SMILES string of the molecule is Cc1ccc(C2C=CC=CC2)c2ccccc12. The maximum atomic E-state index is 2.30. The third-order valence-corrected chi connectivity index (χ3v) is 3.56. The fourth-order valence-electron chi connectivity index (χ4n) is 2.61. The Labute approximate surface area is 102 Å². The van der Waals surface area contributed by atoms with Crippen molar-refractivity contribution in [1.82, 2.24) is 0 Å². The van der Waals surface area contributed by atoms with Gasteiger partial charge in [-0.3, -0.25) is 0 Å². The van der Waals surface area contributed by atoms with Gasteiger partial charge in [0.05, 0.1) is 0 Å². The van der Waals surface area contributed by atoms with E-state index in [0.29, 0.717) is 5.92 Å². The van der Waals surface area contributed by atoms with Gasteiger partial charge in [-0.1, -0.05) is 60.7 Å². The highest BCUT2D eigenvalue weighted by molar-refractivity contribution is 5.89. The van der Waals surface area contributed by atoms with Gasteiger partial charge in [0.15, 0.2) is 0 Å². The Balaban J connectivity index is 2.20. The number of aryl methyl sites for hydroxylation is 1. The Hall–Kier alpha value is -1.82. The molecule has 0 bridgehead atoms. The molecule has 2 aromatic rings. The second-order valence-corrected chi connectivity index (χ2v) is 4.67. The van der Waals surface area contributed by atoms with E-state index in [-0.39, 0.29) is 0 Å². The molecule has 0 nitrogen and oxygen atoms in total. The van der Waals surface area contributed by atoms with Crippen molar-refractivity contribution in [2.75, 3.05) is 0 Å². The van der Waals surface area contributed by atoms with Crippen molar-refractivity contribution in [3.8, 4) is 0 Å². The Morgan fingerprint density at radius 3 is 2.53 bits per heavy atom. The van der Waals surface area contributed by atoms with E-state index in [2.05, 4.69) is 67.6 Å². The molecule has 1 aliphatic rings. The van der Waals surface area contributed by atoms with Crippen molar-refractivity contribution in [1.29, 1.82) is 0 Å². The zero-order chi connectivity index (χ0) is 11.7. The fourth-order valence-corrected chi connectivity index (χ4v) is 2.61. The monoisotopic (exact) mass is 220 g/mol. The highest BCUT2D eigenvalue weighted by atomic mass is 14.2. The molecule has 0 saturated heterocycles. The third-order valence-electron chi connectivity index (χ3n) is 3.56. The van der Waals surface area contributed by atoms with E-state index >= 15 is 0 Å². The lowest BCUT2D eigenvalue weighted by Gasteiger charge is -2.17. The topological polar surface area (TPSA) is 0 Å². The van der Waals surface area contributed by atoms with Crippen LogP contribution in [0.15, 0.2) is 60.7 Å². The van der Waals surface area contributed by atoms with E-state index in [0.717, 1.165) is 6.42 Å². The Bertz CT molecular complexity index is 602. The van der Waals surface area contributed by atoms with Gasteiger partial charge in [-0.05, 0) is 35.2 Å². The molecule has 0 aromatic heterocycles. The van der Waals surface area contributed by atoms with Crippen LogP contribution in [0.3, 0.4) is 0 Å². The van der Waals surface area contributed by atoms with Gasteiger partial charge in [0, 0.05) is 5.92 Å². The molecular formula is C17H16. The van der Waals surface area contributed by atoms with Crippen LogP contribution in [0.1, 0.15) is 23.5 Å². The van der Waals surface area contributed by atoms with E-state index in [4.69, 9.17) is 0 Å². The van der Waals surface area contributed by atoms with Crippen LogP contribution in [-0.4, -0.2) is 0 Å². The van der Waals surface area contributed by atoms with Crippen molar-refractivity contribution in [2.24, 2.45) is 0 Å². The summed E-state index contributed by atoms with van der Waals surface area (Å²) in [7, 11) is 0. The molecule has 0 N–H and O–H groups in total. The fraction of sp³-hybridized carbons (Fsp3) is 0.176. The number of benzene rings is 2. The lowest BCUT2D eigenvalue weighted by Crippen LogP contribution is -1.98. The van der Waals surface area contributed by atoms with E-state index in [1.807, 2.05) is 0 Å². The maximum absolute atomic E-state index is 2.30. The first-order valence-electron chi connectivity index (χ1n) is 6.18. The van der Waals surface area contributed by atoms with Crippen LogP contribution in [0.25, 0.3) is 10.8 Å². The summed E-state index contributed by atoms with van der Waals surface area (Å²) in [6, 6.07) is 13.2. The first-order valence-corrected chi connectivity index (χ1v) is 6.18. The molecule has 1 unspecified atom stereocenters. The largest absolute Gasteiger partial charge is 0.0836 e. The second kappa shape index (κ2) is 4.21. The van der Waals surface area contributed by atoms with E-state index in [1.165, 1.54) is 21.9 Å². The molecule has 2 aromatic carbocycles. The minimum atomic E-state index is 0.533. The van der Waals surface area contributed by atoms with Crippen LogP contribution in [0.4, 0.5) is 0 Å². The number of rotatable bonds is 1. The van der Waals surface area contributed by atoms with Gasteiger partial charge in [-0.2, -0.15) is 0 Å². The molecule has 0 amide bonds. The summed E-state index contributed by atoms with van der Waals surface area (Å²) in [5, 5.41) is 2.78. The van der Waals surface area contributed by atoms with Crippen molar-refractivity contribution in [3.05, 3.63) is 71.8 Å². The standard InChI is InChI=1S/C17H16/c1-13-11-12-16(14-7-3-2-4-8-14)17-10-6-5-9-15(13)17/h2-7,9-12,14H,8H2,1H3. The number of hydrogen-bond donors (Lipinski definition) is 0. The van der Waals surface area contributed by atoms with E-state index in [9.17, 15) is 0 Å². The first-order chi connectivity index (χ1) is 8.36. The van der Waals surface area contributed by atoms with Crippen molar-refractivity contribution < 1.29 is 0 Å². The predicted molar refractivity (Wildman–Crippen MR) is 74.3 cm³/mol. The van der Waals surface area contributed by atoms with Crippen LogP contribution < -0.4 is 0 Å². The Kier molecular flexibility index (Phi) is 2.56. The minimum absolute atomic E-state index is 0.533. The molecule has 0 saturated carbocycles.